The molecule has 2 amide bonds. The van der Waals surface area contributed by atoms with Gasteiger partial charge >= 0.3 is 0 Å². The standard InChI is InChI=1S/C19H22N4O3/c1-12(2)17(18-21-13-6-3-4-7-14(13)22-18)23-16(24)9-10-20-19(25)15-8-5-11-26-15/h3-8,11-12,17H,9-10H2,1-2H3,(H,20,25)(H,21,22)(H,23,24). The molecule has 0 saturated carbocycles. The molecule has 3 aromatic rings. The largest absolute Gasteiger partial charge is 0.459 e. The van der Waals surface area contributed by atoms with Crippen LogP contribution in [0.15, 0.2) is 47.1 Å². The number of rotatable bonds is 7. The summed E-state index contributed by atoms with van der Waals surface area (Å²) >= 11 is 0. The molecular formula is C19H22N4O3. The van der Waals surface area contributed by atoms with Crippen LogP contribution in [0.3, 0.4) is 0 Å². The Labute approximate surface area is 151 Å². The summed E-state index contributed by atoms with van der Waals surface area (Å²) in [6.45, 7) is 4.28. The van der Waals surface area contributed by atoms with Crippen LogP contribution in [0, 0.1) is 5.92 Å². The van der Waals surface area contributed by atoms with E-state index in [4.69, 9.17) is 4.42 Å². The summed E-state index contributed by atoms with van der Waals surface area (Å²) in [5.74, 6) is 0.642. The van der Waals surface area contributed by atoms with Crippen molar-refractivity contribution in [2.45, 2.75) is 26.3 Å². The van der Waals surface area contributed by atoms with Crippen molar-refractivity contribution in [3.63, 3.8) is 0 Å². The maximum Gasteiger partial charge on any atom is 0.286 e. The molecule has 3 N–H and O–H groups in total. The smallest absolute Gasteiger partial charge is 0.286 e. The molecule has 1 aromatic carbocycles. The van der Waals surface area contributed by atoms with Crippen LogP contribution in [0.2, 0.25) is 0 Å². The summed E-state index contributed by atoms with van der Waals surface area (Å²) in [7, 11) is 0. The number of furan rings is 1. The lowest BCUT2D eigenvalue weighted by Crippen LogP contribution is -2.35. The number of hydrogen-bond acceptors (Lipinski definition) is 4. The Bertz CT molecular complexity index is 850. The SMILES string of the molecule is CC(C)C(NC(=O)CCNC(=O)c1ccco1)c1nc2ccccc2[nH]1. The topological polar surface area (TPSA) is 100 Å². The summed E-state index contributed by atoms with van der Waals surface area (Å²) in [5, 5.41) is 5.66. The maximum absolute atomic E-state index is 12.3. The van der Waals surface area contributed by atoms with E-state index in [1.54, 1.807) is 12.1 Å². The molecule has 1 unspecified atom stereocenters. The minimum atomic E-state index is -0.333. The summed E-state index contributed by atoms with van der Waals surface area (Å²) in [6.07, 6.45) is 1.61. The second-order valence-electron chi connectivity index (χ2n) is 6.41. The van der Waals surface area contributed by atoms with Crippen LogP contribution in [0.5, 0.6) is 0 Å². The monoisotopic (exact) mass is 354 g/mol. The van der Waals surface area contributed by atoms with Gasteiger partial charge in [0.05, 0.1) is 23.3 Å². The fourth-order valence-electron chi connectivity index (χ4n) is 2.70. The number of aromatic nitrogens is 2. The van der Waals surface area contributed by atoms with Crippen molar-refractivity contribution in [1.29, 1.82) is 0 Å². The first-order valence-electron chi connectivity index (χ1n) is 8.60. The molecule has 0 spiro atoms. The highest BCUT2D eigenvalue weighted by Gasteiger charge is 2.21. The van der Waals surface area contributed by atoms with Gasteiger partial charge in [-0.15, -0.1) is 0 Å². The zero-order valence-electron chi connectivity index (χ0n) is 14.8. The summed E-state index contributed by atoms with van der Waals surface area (Å²) in [4.78, 5) is 31.9. The minimum Gasteiger partial charge on any atom is -0.459 e. The first kappa shape index (κ1) is 17.7. The first-order valence-corrected chi connectivity index (χ1v) is 8.60. The van der Waals surface area contributed by atoms with Gasteiger partial charge in [-0.05, 0) is 30.2 Å². The van der Waals surface area contributed by atoms with Crippen LogP contribution in [0.4, 0.5) is 0 Å². The van der Waals surface area contributed by atoms with Gasteiger partial charge in [0, 0.05) is 13.0 Å². The third kappa shape index (κ3) is 4.11. The van der Waals surface area contributed by atoms with E-state index in [1.165, 1.54) is 6.26 Å². The van der Waals surface area contributed by atoms with Crippen molar-refractivity contribution in [1.82, 2.24) is 20.6 Å². The number of amides is 2. The normalized spacial score (nSPS) is 12.3. The number of nitrogens with one attached hydrogen (secondary N) is 3. The fraction of sp³-hybridized carbons (Fsp3) is 0.316. The average molecular weight is 354 g/mol. The average Bonchev–Trinajstić information content (AvgIpc) is 3.28. The van der Waals surface area contributed by atoms with Crippen molar-refractivity contribution >= 4 is 22.8 Å². The van der Waals surface area contributed by atoms with Gasteiger partial charge in [0.2, 0.25) is 5.91 Å². The Hall–Kier alpha value is -3.09. The highest BCUT2D eigenvalue weighted by atomic mass is 16.3. The maximum atomic E-state index is 12.3. The Morgan fingerprint density at radius 2 is 2.00 bits per heavy atom. The molecule has 0 saturated heterocycles. The van der Waals surface area contributed by atoms with Crippen LogP contribution < -0.4 is 10.6 Å². The van der Waals surface area contributed by atoms with Crippen LogP contribution in [-0.2, 0) is 4.79 Å². The van der Waals surface area contributed by atoms with Crippen molar-refractivity contribution in [2.75, 3.05) is 6.54 Å². The van der Waals surface area contributed by atoms with Gasteiger partial charge in [0.15, 0.2) is 5.76 Å². The van der Waals surface area contributed by atoms with Crippen LogP contribution in [0.1, 0.15) is 42.7 Å². The number of imidazole rings is 1. The predicted molar refractivity (Wildman–Crippen MR) is 97.5 cm³/mol. The number of para-hydroxylation sites is 2. The van der Waals surface area contributed by atoms with E-state index in [0.29, 0.717) is 0 Å². The van der Waals surface area contributed by atoms with E-state index >= 15 is 0 Å². The summed E-state index contributed by atoms with van der Waals surface area (Å²) in [6, 6.07) is 10.7. The van der Waals surface area contributed by atoms with Gasteiger partial charge in [-0.3, -0.25) is 9.59 Å². The second-order valence-corrected chi connectivity index (χ2v) is 6.41. The lowest BCUT2D eigenvalue weighted by atomic mass is 10.0. The highest BCUT2D eigenvalue weighted by Crippen LogP contribution is 2.22. The second kappa shape index (κ2) is 7.86. The number of carbonyl (C=O) groups is 2. The Morgan fingerprint density at radius 3 is 2.69 bits per heavy atom. The van der Waals surface area contributed by atoms with Crippen molar-refractivity contribution in [2.24, 2.45) is 5.92 Å². The van der Waals surface area contributed by atoms with Crippen LogP contribution in [0.25, 0.3) is 11.0 Å². The lowest BCUT2D eigenvalue weighted by molar-refractivity contribution is -0.122. The molecule has 0 radical (unpaired) electrons. The number of benzene rings is 1. The molecule has 7 heteroatoms. The third-order valence-electron chi connectivity index (χ3n) is 4.07. The molecule has 0 aliphatic heterocycles. The summed E-state index contributed by atoms with van der Waals surface area (Å²) in [5.41, 5.74) is 1.81. The molecule has 0 fully saturated rings. The van der Waals surface area contributed by atoms with Gasteiger partial charge in [-0.25, -0.2) is 4.98 Å². The van der Waals surface area contributed by atoms with E-state index in [1.807, 2.05) is 38.1 Å². The van der Waals surface area contributed by atoms with E-state index in [9.17, 15) is 9.59 Å². The number of hydrogen-bond donors (Lipinski definition) is 3. The molecule has 136 valence electrons. The number of H-pyrrole nitrogens is 1. The minimum absolute atomic E-state index is 0.149. The number of carbonyl (C=O) groups excluding carboxylic acids is 2. The lowest BCUT2D eigenvalue weighted by Gasteiger charge is -2.20. The Morgan fingerprint density at radius 1 is 1.19 bits per heavy atom. The first-order chi connectivity index (χ1) is 12.5. The van der Waals surface area contributed by atoms with Gasteiger partial charge in [0.25, 0.3) is 5.91 Å². The molecule has 2 heterocycles. The highest BCUT2D eigenvalue weighted by molar-refractivity contribution is 5.91. The molecule has 7 nitrogen and oxygen atoms in total. The van der Waals surface area contributed by atoms with Gasteiger partial charge in [-0.2, -0.15) is 0 Å². The molecule has 0 aliphatic carbocycles. The van der Waals surface area contributed by atoms with Gasteiger partial charge in [-0.1, -0.05) is 26.0 Å². The molecule has 1 atom stereocenters. The molecular weight excluding hydrogens is 332 g/mol. The fourth-order valence-corrected chi connectivity index (χ4v) is 2.70. The number of fused-ring (bicyclic) bond motifs is 1. The molecule has 2 aromatic heterocycles. The van der Waals surface area contributed by atoms with Crippen molar-refractivity contribution < 1.29 is 14.0 Å². The van der Waals surface area contributed by atoms with Crippen LogP contribution >= 0.6 is 0 Å². The van der Waals surface area contributed by atoms with E-state index < -0.39 is 0 Å². The molecule has 0 bridgehead atoms. The quantitative estimate of drug-likeness (QED) is 0.607. The van der Waals surface area contributed by atoms with E-state index in [-0.39, 0.29) is 42.5 Å². The molecule has 0 aliphatic rings. The van der Waals surface area contributed by atoms with Crippen LogP contribution in [-0.4, -0.2) is 28.3 Å². The van der Waals surface area contributed by atoms with Crippen molar-refractivity contribution in [3.8, 4) is 0 Å². The zero-order chi connectivity index (χ0) is 18.5. The van der Waals surface area contributed by atoms with Gasteiger partial charge < -0.3 is 20.0 Å². The molecule has 26 heavy (non-hydrogen) atoms. The van der Waals surface area contributed by atoms with E-state index in [0.717, 1.165) is 16.9 Å². The Balaban J connectivity index is 1.57. The zero-order valence-corrected chi connectivity index (χ0v) is 14.8. The summed E-state index contributed by atoms with van der Waals surface area (Å²) < 4.78 is 5.01. The van der Waals surface area contributed by atoms with E-state index in [2.05, 4.69) is 20.6 Å². The predicted octanol–water partition coefficient (Wildman–Crippen LogP) is 2.79. The number of aromatic amines is 1. The molecule has 3 rings (SSSR count). The Kier molecular flexibility index (Phi) is 5.36. The van der Waals surface area contributed by atoms with Crippen molar-refractivity contribution in [3.05, 3.63) is 54.2 Å². The number of nitrogens with zero attached hydrogens (tertiary/aromatic N) is 1. The third-order valence-corrected chi connectivity index (χ3v) is 4.07. The van der Waals surface area contributed by atoms with Gasteiger partial charge in [0.1, 0.15) is 5.82 Å².